The molecule has 0 fully saturated rings. The molecule has 2 aromatic rings. The minimum absolute atomic E-state index is 0.130. The van der Waals surface area contributed by atoms with Crippen LogP contribution >= 0.6 is 11.6 Å². The standard InChI is InChI=1S/C16H15ClN2O2/c1-11-14(17)3-2-4-15(11)19-9-12-5-7-13(8-6-12)21-10-16(18)20/h2-9H,10H2,1H3,(H2,18,20). The van der Waals surface area contributed by atoms with Gasteiger partial charge in [-0.2, -0.15) is 0 Å². The van der Waals surface area contributed by atoms with Crippen LogP contribution in [0.3, 0.4) is 0 Å². The van der Waals surface area contributed by atoms with E-state index in [4.69, 9.17) is 22.1 Å². The summed E-state index contributed by atoms with van der Waals surface area (Å²) in [4.78, 5) is 15.0. The molecule has 0 aliphatic rings. The smallest absolute Gasteiger partial charge is 0.255 e. The van der Waals surface area contributed by atoms with Crippen LogP contribution in [0.2, 0.25) is 5.02 Å². The fourth-order valence-corrected chi connectivity index (χ4v) is 1.85. The van der Waals surface area contributed by atoms with E-state index in [0.717, 1.165) is 16.8 Å². The molecule has 0 aliphatic carbocycles. The quantitative estimate of drug-likeness (QED) is 0.862. The fourth-order valence-electron chi connectivity index (χ4n) is 1.68. The van der Waals surface area contributed by atoms with Crippen molar-refractivity contribution < 1.29 is 9.53 Å². The minimum atomic E-state index is -0.503. The number of hydrogen-bond donors (Lipinski definition) is 1. The lowest BCUT2D eigenvalue weighted by atomic mass is 10.2. The summed E-state index contributed by atoms with van der Waals surface area (Å²) in [7, 11) is 0. The molecule has 5 heteroatoms. The Labute approximate surface area is 128 Å². The zero-order valence-electron chi connectivity index (χ0n) is 11.5. The second-order valence-corrected chi connectivity index (χ2v) is 4.87. The SMILES string of the molecule is Cc1c(Cl)cccc1N=Cc1ccc(OCC(N)=O)cc1. The van der Waals surface area contributed by atoms with Gasteiger partial charge in [-0.1, -0.05) is 17.7 Å². The average molecular weight is 303 g/mol. The first-order chi connectivity index (χ1) is 10.1. The molecule has 0 radical (unpaired) electrons. The van der Waals surface area contributed by atoms with Gasteiger partial charge in [-0.3, -0.25) is 9.79 Å². The highest BCUT2D eigenvalue weighted by molar-refractivity contribution is 6.31. The van der Waals surface area contributed by atoms with Crippen molar-refractivity contribution >= 4 is 29.4 Å². The van der Waals surface area contributed by atoms with E-state index in [9.17, 15) is 4.79 Å². The van der Waals surface area contributed by atoms with Crippen LogP contribution in [0.25, 0.3) is 0 Å². The second-order valence-electron chi connectivity index (χ2n) is 4.47. The lowest BCUT2D eigenvalue weighted by molar-refractivity contribution is -0.119. The molecule has 0 saturated heterocycles. The number of ether oxygens (including phenoxy) is 1. The number of primary amides is 1. The van der Waals surface area contributed by atoms with E-state index in [1.54, 1.807) is 18.3 Å². The molecule has 0 aliphatic heterocycles. The van der Waals surface area contributed by atoms with Gasteiger partial charge >= 0.3 is 0 Å². The van der Waals surface area contributed by atoms with Gasteiger partial charge < -0.3 is 10.5 Å². The number of carbonyl (C=O) groups excluding carboxylic acids is 1. The Morgan fingerprint density at radius 2 is 2.00 bits per heavy atom. The topological polar surface area (TPSA) is 64.7 Å². The molecule has 0 saturated carbocycles. The van der Waals surface area contributed by atoms with Crippen LogP contribution in [0.1, 0.15) is 11.1 Å². The first-order valence-electron chi connectivity index (χ1n) is 6.36. The average Bonchev–Trinajstić information content (AvgIpc) is 2.48. The molecule has 0 bridgehead atoms. The van der Waals surface area contributed by atoms with Gasteiger partial charge in [0.05, 0.1) is 5.69 Å². The van der Waals surface area contributed by atoms with E-state index in [1.165, 1.54) is 0 Å². The van der Waals surface area contributed by atoms with E-state index in [2.05, 4.69) is 4.99 Å². The van der Waals surface area contributed by atoms with Crippen LogP contribution in [0.5, 0.6) is 5.75 Å². The summed E-state index contributed by atoms with van der Waals surface area (Å²) >= 11 is 6.05. The predicted molar refractivity (Wildman–Crippen MR) is 84.6 cm³/mol. The lowest BCUT2D eigenvalue weighted by Crippen LogP contribution is -2.19. The second kappa shape index (κ2) is 6.90. The van der Waals surface area contributed by atoms with Crippen LogP contribution in [-0.4, -0.2) is 18.7 Å². The molecule has 2 aromatic carbocycles. The molecule has 21 heavy (non-hydrogen) atoms. The molecule has 108 valence electrons. The van der Waals surface area contributed by atoms with Crippen molar-refractivity contribution in [3.8, 4) is 5.75 Å². The summed E-state index contributed by atoms with van der Waals surface area (Å²) in [6.07, 6.45) is 1.75. The number of amides is 1. The third-order valence-electron chi connectivity index (χ3n) is 2.85. The Kier molecular flexibility index (Phi) is 4.95. The minimum Gasteiger partial charge on any atom is -0.484 e. The molecule has 0 heterocycles. The maximum absolute atomic E-state index is 10.6. The fraction of sp³-hybridized carbons (Fsp3) is 0.125. The van der Waals surface area contributed by atoms with Crippen molar-refractivity contribution in [3.63, 3.8) is 0 Å². The van der Waals surface area contributed by atoms with Gasteiger partial charge in [-0.05, 0) is 54.4 Å². The molecular formula is C16H15ClN2O2. The van der Waals surface area contributed by atoms with Crippen LogP contribution in [0.15, 0.2) is 47.5 Å². The van der Waals surface area contributed by atoms with E-state index >= 15 is 0 Å². The summed E-state index contributed by atoms with van der Waals surface area (Å²) in [6.45, 7) is 1.80. The molecule has 0 spiro atoms. The Bertz CT molecular complexity index is 666. The normalized spacial score (nSPS) is 10.8. The Morgan fingerprint density at radius 1 is 1.29 bits per heavy atom. The van der Waals surface area contributed by atoms with Crippen molar-refractivity contribution in [2.24, 2.45) is 10.7 Å². The summed E-state index contributed by atoms with van der Waals surface area (Å²) < 4.78 is 5.18. The maximum Gasteiger partial charge on any atom is 0.255 e. The number of rotatable bonds is 5. The third kappa shape index (κ3) is 4.33. The van der Waals surface area contributed by atoms with Crippen LogP contribution in [0, 0.1) is 6.92 Å². The van der Waals surface area contributed by atoms with Crippen molar-refractivity contribution in [1.29, 1.82) is 0 Å². The first kappa shape index (κ1) is 15.1. The molecule has 1 amide bonds. The third-order valence-corrected chi connectivity index (χ3v) is 3.26. The van der Waals surface area contributed by atoms with E-state index in [1.807, 2.05) is 37.3 Å². The van der Waals surface area contributed by atoms with Gasteiger partial charge in [0.2, 0.25) is 0 Å². The zero-order valence-corrected chi connectivity index (χ0v) is 12.3. The Morgan fingerprint density at radius 3 is 2.67 bits per heavy atom. The number of nitrogens with zero attached hydrogens (tertiary/aromatic N) is 1. The molecule has 2 N–H and O–H groups in total. The lowest BCUT2D eigenvalue weighted by Gasteiger charge is -2.04. The number of benzene rings is 2. The summed E-state index contributed by atoms with van der Waals surface area (Å²) in [5.41, 5.74) is 7.70. The van der Waals surface area contributed by atoms with Crippen LogP contribution in [-0.2, 0) is 4.79 Å². The highest BCUT2D eigenvalue weighted by atomic mass is 35.5. The van der Waals surface area contributed by atoms with Gasteiger partial charge in [0.1, 0.15) is 5.75 Å². The number of carbonyl (C=O) groups is 1. The number of hydrogen-bond acceptors (Lipinski definition) is 3. The molecule has 0 aromatic heterocycles. The van der Waals surface area contributed by atoms with Gasteiger partial charge in [0.15, 0.2) is 6.61 Å². The van der Waals surface area contributed by atoms with Gasteiger partial charge in [-0.15, -0.1) is 0 Å². The number of halogens is 1. The monoisotopic (exact) mass is 302 g/mol. The highest BCUT2D eigenvalue weighted by Crippen LogP contribution is 2.25. The predicted octanol–water partition coefficient (Wildman–Crippen LogP) is 3.26. The van der Waals surface area contributed by atoms with Gasteiger partial charge in [-0.25, -0.2) is 0 Å². The van der Waals surface area contributed by atoms with E-state index in [-0.39, 0.29) is 6.61 Å². The molecule has 4 nitrogen and oxygen atoms in total. The van der Waals surface area contributed by atoms with Crippen molar-refractivity contribution in [2.75, 3.05) is 6.61 Å². The van der Waals surface area contributed by atoms with Gasteiger partial charge in [0, 0.05) is 11.2 Å². The molecular weight excluding hydrogens is 288 g/mol. The van der Waals surface area contributed by atoms with Crippen LogP contribution < -0.4 is 10.5 Å². The van der Waals surface area contributed by atoms with Crippen LogP contribution in [0.4, 0.5) is 5.69 Å². The highest BCUT2D eigenvalue weighted by Gasteiger charge is 2.00. The van der Waals surface area contributed by atoms with E-state index in [0.29, 0.717) is 10.8 Å². The Hall–Kier alpha value is -2.33. The summed E-state index contributed by atoms with van der Waals surface area (Å²) in [5.74, 6) is 0.0851. The summed E-state index contributed by atoms with van der Waals surface area (Å²) in [6, 6.07) is 12.8. The zero-order chi connectivity index (χ0) is 15.2. The molecule has 2 rings (SSSR count). The maximum atomic E-state index is 10.6. The first-order valence-corrected chi connectivity index (χ1v) is 6.74. The molecule has 0 atom stereocenters. The van der Waals surface area contributed by atoms with E-state index < -0.39 is 5.91 Å². The summed E-state index contributed by atoms with van der Waals surface area (Å²) in [5, 5.41) is 0.694. The van der Waals surface area contributed by atoms with Crippen molar-refractivity contribution in [3.05, 3.63) is 58.6 Å². The Balaban J connectivity index is 2.07. The van der Waals surface area contributed by atoms with Crippen molar-refractivity contribution in [2.45, 2.75) is 6.92 Å². The van der Waals surface area contributed by atoms with Gasteiger partial charge in [0.25, 0.3) is 5.91 Å². The largest absolute Gasteiger partial charge is 0.484 e. The van der Waals surface area contributed by atoms with Crippen molar-refractivity contribution in [1.82, 2.24) is 0 Å². The molecule has 0 unspecified atom stereocenters. The number of nitrogens with two attached hydrogens (primary N) is 1. The number of aliphatic imine (C=N–C) groups is 1.